The van der Waals surface area contributed by atoms with Crippen molar-refractivity contribution in [1.82, 2.24) is 4.90 Å². The predicted molar refractivity (Wildman–Crippen MR) is 90.4 cm³/mol. The fraction of sp³-hybridized carbons (Fsp3) is 0.316. The number of carbonyl (C=O) groups excluding carboxylic acids is 1. The maximum Gasteiger partial charge on any atom is 0.164 e. The van der Waals surface area contributed by atoms with Crippen molar-refractivity contribution < 1.29 is 13.6 Å². The van der Waals surface area contributed by atoms with Crippen molar-refractivity contribution in [2.75, 3.05) is 37.6 Å². The Labute approximate surface area is 140 Å². The van der Waals surface area contributed by atoms with Gasteiger partial charge in [-0.15, -0.1) is 0 Å². The Kier molecular flexibility index (Phi) is 5.20. The fourth-order valence-electron chi connectivity index (χ4n) is 2.96. The smallest absolute Gasteiger partial charge is 0.164 e. The minimum Gasteiger partial charge on any atom is -0.367 e. The second kappa shape index (κ2) is 7.53. The highest BCUT2D eigenvalue weighted by molar-refractivity contribution is 5.96. The molecule has 5 heteroatoms. The summed E-state index contributed by atoms with van der Waals surface area (Å²) in [5.74, 6) is -0.514. The zero-order valence-corrected chi connectivity index (χ0v) is 13.4. The summed E-state index contributed by atoms with van der Waals surface area (Å²) >= 11 is 0. The first-order valence-corrected chi connectivity index (χ1v) is 8.14. The van der Waals surface area contributed by atoms with Gasteiger partial charge in [0.1, 0.15) is 11.6 Å². The normalized spacial score (nSPS) is 15.5. The van der Waals surface area contributed by atoms with E-state index in [0.717, 1.165) is 26.2 Å². The molecule has 0 N–H and O–H groups in total. The van der Waals surface area contributed by atoms with Crippen LogP contribution in [0.15, 0.2) is 48.5 Å². The van der Waals surface area contributed by atoms with Gasteiger partial charge in [0.25, 0.3) is 0 Å². The third-order valence-electron chi connectivity index (χ3n) is 4.39. The van der Waals surface area contributed by atoms with Crippen LogP contribution in [0, 0.1) is 11.6 Å². The molecule has 0 amide bonds. The monoisotopic (exact) mass is 330 g/mol. The molecule has 3 rings (SSSR count). The fourth-order valence-corrected chi connectivity index (χ4v) is 2.96. The van der Waals surface area contributed by atoms with Crippen molar-refractivity contribution >= 4 is 11.5 Å². The molecule has 0 spiro atoms. The molecule has 0 aliphatic carbocycles. The number of para-hydroxylation sites is 1. The molecule has 0 atom stereocenters. The largest absolute Gasteiger partial charge is 0.367 e. The number of ketones is 1. The molecule has 2 aromatic rings. The Bertz CT molecular complexity index is 695. The van der Waals surface area contributed by atoms with Crippen LogP contribution >= 0.6 is 0 Å². The zero-order valence-electron chi connectivity index (χ0n) is 13.4. The molecule has 1 heterocycles. The number of halogens is 2. The van der Waals surface area contributed by atoms with Gasteiger partial charge in [-0.3, -0.25) is 9.69 Å². The maximum atomic E-state index is 13.8. The van der Waals surface area contributed by atoms with Crippen LogP contribution in [-0.2, 0) is 0 Å². The van der Waals surface area contributed by atoms with Crippen molar-refractivity contribution in [3.8, 4) is 0 Å². The number of hydrogen-bond acceptors (Lipinski definition) is 3. The van der Waals surface area contributed by atoms with Crippen LogP contribution in [0.2, 0.25) is 0 Å². The van der Waals surface area contributed by atoms with Gasteiger partial charge < -0.3 is 4.90 Å². The molecule has 126 valence electrons. The molecule has 1 saturated heterocycles. The van der Waals surface area contributed by atoms with Gasteiger partial charge in [0, 0.05) is 44.7 Å². The molecular weight excluding hydrogens is 310 g/mol. The van der Waals surface area contributed by atoms with Gasteiger partial charge in [0.15, 0.2) is 5.78 Å². The van der Waals surface area contributed by atoms with E-state index < -0.39 is 0 Å². The van der Waals surface area contributed by atoms with Gasteiger partial charge in [-0.2, -0.15) is 0 Å². The molecule has 0 saturated carbocycles. The summed E-state index contributed by atoms with van der Waals surface area (Å²) in [6.45, 7) is 3.74. The van der Waals surface area contributed by atoms with Gasteiger partial charge in [-0.25, -0.2) is 8.78 Å². The van der Waals surface area contributed by atoms with Crippen LogP contribution in [0.3, 0.4) is 0 Å². The summed E-state index contributed by atoms with van der Waals surface area (Å²) in [6, 6.07) is 12.5. The first-order valence-electron chi connectivity index (χ1n) is 8.14. The van der Waals surface area contributed by atoms with E-state index in [0.29, 0.717) is 24.2 Å². The summed E-state index contributed by atoms with van der Waals surface area (Å²) in [5, 5.41) is 0. The maximum absolute atomic E-state index is 13.8. The summed E-state index contributed by atoms with van der Waals surface area (Å²) in [7, 11) is 0. The number of nitrogens with zero attached hydrogens (tertiary/aromatic N) is 2. The Morgan fingerprint density at radius 3 is 2.25 bits per heavy atom. The second-order valence-corrected chi connectivity index (χ2v) is 5.96. The highest BCUT2D eigenvalue weighted by atomic mass is 19.1. The summed E-state index contributed by atoms with van der Waals surface area (Å²) in [5.41, 5.74) is 1.18. The van der Waals surface area contributed by atoms with E-state index in [1.165, 1.54) is 30.3 Å². The number of benzene rings is 2. The van der Waals surface area contributed by atoms with Crippen LogP contribution < -0.4 is 4.90 Å². The number of rotatable bonds is 5. The quantitative estimate of drug-likeness (QED) is 0.786. The average molecular weight is 330 g/mol. The summed E-state index contributed by atoms with van der Waals surface area (Å²) in [6.07, 6.45) is 0.408. The van der Waals surface area contributed by atoms with Crippen LogP contribution in [0.1, 0.15) is 16.8 Å². The van der Waals surface area contributed by atoms with Crippen molar-refractivity contribution in [2.24, 2.45) is 0 Å². The van der Waals surface area contributed by atoms with Gasteiger partial charge in [0.2, 0.25) is 0 Å². The Balaban J connectivity index is 1.48. The van der Waals surface area contributed by atoms with Crippen molar-refractivity contribution in [2.45, 2.75) is 6.42 Å². The molecule has 2 aromatic carbocycles. The average Bonchev–Trinajstić information content (AvgIpc) is 2.61. The van der Waals surface area contributed by atoms with E-state index in [1.807, 2.05) is 11.0 Å². The van der Waals surface area contributed by atoms with E-state index in [9.17, 15) is 13.6 Å². The standard InChI is InChI=1S/C19H20F2N2O/c20-16-7-5-15(6-8-16)19(24)9-10-22-11-13-23(14-12-22)18-4-2-1-3-17(18)21/h1-8H,9-14H2. The lowest BCUT2D eigenvalue weighted by atomic mass is 10.1. The molecule has 1 aliphatic rings. The number of carbonyl (C=O) groups is 1. The Morgan fingerprint density at radius 2 is 1.58 bits per heavy atom. The SMILES string of the molecule is O=C(CCN1CCN(c2ccccc2F)CC1)c1ccc(F)cc1. The molecule has 24 heavy (non-hydrogen) atoms. The van der Waals surface area contributed by atoms with Crippen LogP contribution in [0.25, 0.3) is 0 Å². The van der Waals surface area contributed by atoms with Crippen LogP contribution in [-0.4, -0.2) is 43.4 Å². The van der Waals surface area contributed by atoms with Crippen LogP contribution in [0.5, 0.6) is 0 Å². The predicted octanol–water partition coefficient (Wildman–Crippen LogP) is 3.36. The van der Waals surface area contributed by atoms with Crippen molar-refractivity contribution in [3.63, 3.8) is 0 Å². The molecule has 0 unspecified atom stereocenters. The van der Waals surface area contributed by atoms with E-state index in [2.05, 4.69) is 4.90 Å². The molecular formula is C19H20F2N2O. The molecule has 0 aromatic heterocycles. The van der Waals surface area contributed by atoms with Gasteiger partial charge >= 0.3 is 0 Å². The highest BCUT2D eigenvalue weighted by Crippen LogP contribution is 2.20. The molecule has 0 radical (unpaired) electrons. The van der Waals surface area contributed by atoms with E-state index in [1.54, 1.807) is 12.1 Å². The minimum absolute atomic E-state index is 0.0199. The Hall–Kier alpha value is -2.27. The number of anilines is 1. The van der Waals surface area contributed by atoms with Crippen molar-refractivity contribution in [1.29, 1.82) is 0 Å². The van der Waals surface area contributed by atoms with E-state index >= 15 is 0 Å². The van der Waals surface area contributed by atoms with Crippen molar-refractivity contribution in [3.05, 3.63) is 65.7 Å². The van der Waals surface area contributed by atoms with Crippen LogP contribution in [0.4, 0.5) is 14.5 Å². The zero-order chi connectivity index (χ0) is 16.9. The molecule has 1 fully saturated rings. The molecule has 0 bridgehead atoms. The lowest BCUT2D eigenvalue weighted by molar-refractivity contribution is 0.0962. The highest BCUT2D eigenvalue weighted by Gasteiger charge is 2.19. The molecule has 3 nitrogen and oxygen atoms in total. The number of Topliss-reactive ketones (excluding diaryl/α,β-unsaturated/α-hetero) is 1. The third kappa shape index (κ3) is 3.97. The van der Waals surface area contributed by atoms with E-state index in [-0.39, 0.29) is 17.4 Å². The first-order chi connectivity index (χ1) is 11.6. The molecule has 1 aliphatic heterocycles. The lowest BCUT2D eigenvalue weighted by Crippen LogP contribution is -2.47. The summed E-state index contributed by atoms with van der Waals surface area (Å²) < 4.78 is 26.7. The van der Waals surface area contributed by atoms with E-state index in [4.69, 9.17) is 0 Å². The summed E-state index contributed by atoms with van der Waals surface area (Å²) in [4.78, 5) is 16.4. The van der Waals surface area contributed by atoms with Gasteiger partial charge in [-0.05, 0) is 36.4 Å². The first kappa shape index (κ1) is 16.6. The minimum atomic E-state index is -0.337. The topological polar surface area (TPSA) is 23.6 Å². The third-order valence-corrected chi connectivity index (χ3v) is 4.39. The Morgan fingerprint density at radius 1 is 0.917 bits per heavy atom. The van der Waals surface area contributed by atoms with Gasteiger partial charge in [0.05, 0.1) is 5.69 Å². The number of piperazine rings is 1. The van der Waals surface area contributed by atoms with Gasteiger partial charge in [-0.1, -0.05) is 12.1 Å². The lowest BCUT2D eigenvalue weighted by Gasteiger charge is -2.36. The second-order valence-electron chi connectivity index (χ2n) is 5.96. The number of hydrogen-bond donors (Lipinski definition) is 0.